The number of nitrogens with one attached hydrogen (secondary N) is 1. The summed E-state index contributed by atoms with van der Waals surface area (Å²) in [6.45, 7) is 1.52. The van der Waals surface area contributed by atoms with Crippen LogP contribution in [0.3, 0.4) is 0 Å². The monoisotopic (exact) mass is 408 g/mol. The quantitative estimate of drug-likeness (QED) is 0.403. The summed E-state index contributed by atoms with van der Waals surface area (Å²) in [6, 6.07) is 8.23. The third-order valence-corrected chi connectivity index (χ3v) is 3.70. The van der Waals surface area contributed by atoms with Gasteiger partial charge in [-0.15, -0.1) is 0 Å². The van der Waals surface area contributed by atoms with Gasteiger partial charge in [-0.25, -0.2) is 4.79 Å². The Balaban J connectivity index is 2.02. The Hall–Kier alpha value is -3.33. The molecule has 2 rings (SSSR count). The lowest BCUT2D eigenvalue weighted by Gasteiger charge is -2.11. The number of methoxy groups -OCH3 is 1. The van der Waals surface area contributed by atoms with E-state index in [4.69, 9.17) is 25.8 Å². The van der Waals surface area contributed by atoms with Crippen LogP contribution in [0.5, 0.6) is 11.5 Å². The van der Waals surface area contributed by atoms with Crippen molar-refractivity contribution in [2.24, 2.45) is 0 Å². The fraction of sp³-hybridized carbons (Fsp3) is 0.222. The van der Waals surface area contributed by atoms with Gasteiger partial charge in [0.2, 0.25) is 0 Å². The maximum atomic E-state index is 12.2. The minimum atomic E-state index is -0.760. The van der Waals surface area contributed by atoms with E-state index in [1.807, 2.05) is 0 Å². The van der Waals surface area contributed by atoms with E-state index >= 15 is 0 Å². The summed E-state index contributed by atoms with van der Waals surface area (Å²) in [5.41, 5.74) is -0.267. The lowest BCUT2D eigenvalue weighted by Crippen LogP contribution is -2.21. The Bertz CT molecular complexity index is 901. The van der Waals surface area contributed by atoms with Crippen molar-refractivity contribution in [2.75, 3.05) is 25.6 Å². The summed E-state index contributed by atoms with van der Waals surface area (Å²) in [5.74, 6) is -0.687. The standard InChI is InChI=1S/C18H17ClN2O7/c1-3-27-16-8-11(4-7-15(16)26-2)18(23)28-10-17(22)20-13-6-5-12(19)9-14(13)21(24)25/h4-9H,3,10H2,1-2H3,(H,20,22). The number of esters is 1. The molecule has 2 aromatic rings. The summed E-state index contributed by atoms with van der Waals surface area (Å²) >= 11 is 5.72. The Morgan fingerprint density at radius 3 is 2.57 bits per heavy atom. The fourth-order valence-corrected chi connectivity index (χ4v) is 2.40. The zero-order chi connectivity index (χ0) is 20.7. The second kappa shape index (κ2) is 9.56. The van der Waals surface area contributed by atoms with Crippen LogP contribution in [0.15, 0.2) is 36.4 Å². The molecule has 0 aromatic heterocycles. The van der Waals surface area contributed by atoms with Gasteiger partial charge in [0.25, 0.3) is 11.6 Å². The largest absolute Gasteiger partial charge is 0.493 e. The number of hydrogen-bond acceptors (Lipinski definition) is 7. The van der Waals surface area contributed by atoms with Crippen LogP contribution >= 0.6 is 11.6 Å². The third kappa shape index (κ3) is 5.34. The number of anilines is 1. The van der Waals surface area contributed by atoms with E-state index in [9.17, 15) is 19.7 Å². The molecule has 0 spiro atoms. The molecule has 0 atom stereocenters. The Kier molecular flexibility index (Phi) is 7.16. The molecule has 28 heavy (non-hydrogen) atoms. The van der Waals surface area contributed by atoms with Gasteiger partial charge in [0.15, 0.2) is 18.1 Å². The summed E-state index contributed by atoms with van der Waals surface area (Å²) in [6.07, 6.45) is 0. The van der Waals surface area contributed by atoms with Gasteiger partial charge in [0.05, 0.1) is 24.2 Å². The van der Waals surface area contributed by atoms with Gasteiger partial charge in [-0.3, -0.25) is 14.9 Å². The molecule has 0 radical (unpaired) electrons. The predicted octanol–water partition coefficient (Wildman–Crippen LogP) is 3.45. The van der Waals surface area contributed by atoms with Crippen molar-refractivity contribution in [2.45, 2.75) is 6.92 Å². The predicted molar refractivity (Wildman–Crippen MR) is 101 cm³/mol. The van der Waals surface area contributed by atoms with Crippen molar-refractivity contribution in [3.8, 4) is 11.5 Å². The van der Waals surface area contributed by atoms with E-state index < -0.39 is 23.4 Å². The number of nitro benzene ring substituents is 1. The average Bonchev–Trinajstić information content (AvgIpc) is 2.67. The molecule has 0 saturated heterocycles. The number of ether oxygens (including phenoxy) is 3. The molecule has 0 fully saturated rings. The summed E-state index contributed by atoms with van der Waals surface area (Å²) in [4.78, 5) is 34.5. The van der Waals surface area contributed by atoms with Crippen LogP contribution in [0.4, 0.5) is 11.4 Å². The van der Waals surface area contributed by atoms with Crippen LogP contribution in [0.1, 0.15) is 17.3 Å². The van der Waals surface area contributed by atoms with E-state index in [2.05, 4.69) is 5.32 Å². The van der Waals surface area contributed by atoms with E-state index in [0.717, 1.165) is 6.07 Å². The molecule has 9 nitrogen and oxygen atoms in total. The highest BCUT2D eigenvalue weighted by atomic mass is 35.5. The van der Waals surface area contributed by atoms with E-state index in [1.54, 1.807) is 13.0 Å². The number of benzene rings is 2. The zero-order valence-electron chi connectivity index (χ0n) is 15.1. The van der Waals surface area contributed by atoms with Gasteiger partial charge >= 0.3 is 5.97 Å². The van der Waals surface area contributed by atoms with Crippen molar-refractivity contribution in [1.29, 1.82) is 0 Å². The van der Waals surface area contributed by atoms with Crippen molar-refractivity contribution in [1.82, 2.24) is 0 Å². The van der Waals surface area contributed by atoms with Crippen LogP contribution in [0, 0.1) is 10.1 Å². The first-order chi connectivity index (χ1) is 13.3. The smallest absolute Gasteiger partial charge is 0.338 e. The summed E-state index contributed by atoms with van der Waals surface area (Å²) in [7, 11) is 1.47. The van der Waals surface area contributed by atoms with Crippen molar-refractivity contribution in [3.05, 3.63) is 57.1 Å². The first kappa shape index (κ1) is 21.0. The van der Waals surface area contributed by atoms with E-state index in [-0.39, 0.29) is 22.0 Å². The topological polar surface area (TPSA) is 117 Å². The highest BCUT2D eigenvalue weighted by molar-refractivity contribution is 6.31. The number of halogens is 1. The Morgan fingerprint density at radius 2 is 1.93 bits per heavy atom. The number of rotatable bonds is 8. The highest BCUT2D eigenvalue weighted by Gasteiger charge is 2.18. The molecular formula is C18H17ClN2O7. The first-order valence-corrected chi connectivity index (χ1v) is 8.45. The minimum Gasteiger partial charge on any atom is -0.493 e. The third-order valence-electron chi connectivity index (χ3n) is 3.46. The second-order valence-electron chi connectivity index (χ2n) is 5.34. The van der Waals surface area contributed by atoms with Crippen LogP contribution in [0.25, 0.3) is 0 Å². The van der Waals surface area contributed by atoms with E-state index in [1.165, 1.54) is 31.4 Å². The van der Waals surface area contributed by atoms with Crippen molar-refractivity contribution < 1.29 is 28.7 Å². The SMILES string of the molecule is CCOc1cc(C(=O)OCC(=O)Nc2ccc(Cl)cc2[N+](=O)[O-])ccc1OC. The molecule has 1 N–H and O–H groups in total. The lowest BCUT2D eigenvalue weighted by atomic mass is 10.2. The van der Waals surface area contributed by atoms with Gasteiger partial charge in [0.1, 0.15) is 5.69 Å². The first-order valence-electron chi connectivity index (χ1n) is 8.07. The number of nitrogens with zero attached hydrogens (tertiary/aromatic N) is 1. The van der Waals surface area contributed by atoms with Crippen LogP contribution in [0.2, 0.25) is 5.02 Å². The Labute approximate surface area is 165 Å². The summed E-state index contributed by atoms with van der Waals surface area (Å²) < 4.78 is 15.5. The van der Waals surface area contributed by atoms with Gasteiger partial charge in [0, 0.05) is 11.1 Å². The van der Waals surface area contributed by atoms with Gasteiger partial charge in [-0.2, -0.15) is 0 Å². The molecule has 0 heterocycles. The molecule has 0 bridgehead atoms. The minimum absolute atomic E-state index is 0.0569. The van der Waals surface area contributed by atoms with Crippen LogP contribution in [-0.2, 0) is 9.53 Å². The number of amides is 1. The molecule has 0 aliphatic heterocycles. The second-order valence-corrected chi connectivity index (χ2v) is 5.78. The number of hydrogen-bond donors (Lipinski definition) is 1. The molecule has 10 heteroatoms. The van der Waals surface area contributed by atoms with Crippen LogP contribution in [-0.4, -0.2) is 37.1 Å². The van der Waals surface area contributed by atoms with E-state index in [0.29, 0.717) is 18.1 Å². The molecule has 1 amide bonds. The van der Waals surface area contributed by atoms with Crippen molar-refractivity contribution >= 4 is 34.9 Å². The normalized spacial score (nSPS) is 10.1. The molecule has 2 aromatic carbocycles. The zero-order valence-corrected chi connectivity index (χ0v) is 15.8. The fourth-order valence-electron chi connectivity index (χ4n) is 2.23. The molecule has 0 unspecified atom stereocenters. The average molecular weight is 409 g/mol. The molecule has 148 valence electrons. The maximum absolute atomic E-state index is 12.2. The number of nitro groups is 1. The highest BCUT2D eigenvalue weighted by Crippen LogP contribution is 2.29. The Morgan fingerprint density at radius 1 is 1.18 bits per heavy atom. The molecular weight excluding hydrogens is 392 g/mol. The lowest BCUT2D eigenvalue weighted by molar-refractivity contribution is -0.383. The van der Waals surface area contributed by atoms with Gasteiger partial charge < -0.3 is 19.5 Å². The maximum Gasteiger partial charge on any atom is 0.338 e. The number of carbonyl (C=O) groups is 2. The summed E-state index contributed by atoms with van der Waals surface area (Å²) in [5, 5.41) is 13.5. The molecule has 0 aliphatic rings. The molecule has 0 saturated carbocycles. The molecule has 0 aliphatic carbocycles. The van der Waals surface area contributed by atoms with Gasteiger partial charge in [-0.1, -0.05) is 11.6 Å². The number of carbonyl (C=O) groups excluding carboxylic acids is 2. The van der Waals surface area contributed by atoms with Crippen molar-refractivity contribution in [3.63, 3.8) is 0 Å². The van der Waals surface area contributed by atoms with Gasteiger partial charge in [-0.05, 0) is 37.3 Å². The van der Waals surface area contributed by atoms with Crippen LogP contribution < -0.4 is 14.8 Å².